The second-order valence-corrected chi connectivity index (χ2v) is 10.7. The molecule has 1 N–H and O–H groups in total. The maximum absolute atomic E-state index is 13.5. The largest absolute Gasteiger partial charge is 0.311 e. The molecule has 1 amide bonds. The molecule has 1 unspecified atom stereocenters. The number of amides is 1. The lowest BCUT2D eigenvalue weighted by Gasteiger charge is -2.10. The fourth-order valence-electron chi connectivity index (χ4n) is 3.81. The van der Waals surface area contributed by atoms with Crippen molar-refractivity contribution in [2.75, 3.05) is 0 Å². The Hall–Kier alpha value is -2.68. The maximum atomic E-state index is 13.5. The molecule has 5 nitrogen and oxygen atoms in total. The summed E-state index contributed by atoms with van der Waals surface area (Å²) in [5.74, 6) is -0.0841. The van der Waals surface area contributed by atoms with Crippen molar-refractivity contribution >= 4 is 66.0 Å². The number of nitrogens with zero attached hydrogens (tertiary/aromatic N) is 1. The Labute approximate surface area is 183 Å². The Bertz CT molecular complexity index is 1430. The molecular weight excluding hydrogens is 436 g/mol. The zero-order valence-corrected chi connectivity index (χ0v) is 18.1. The van der Waals surface area contributed by atoms with Crippen LogP contribution in [0.4, 0.5) is 0 Å². The van der Waals surface area contributed by atoms with Crippen LogP contribution in [0.25, 0.3) is 21.8 Å². The van der Waals surface area contributed by atoms with Crippen molar-refractivity contribution in [3.8, 4) is 0 Å². The van der Waals surface area contributed by atoms with Crippen LogP contribution < -0.4 is 5.32 Å². The summed E-state index contributed by atoms with van der Waals surface area (Å²) in [6.07, 6.45) is 0.525. The van der Waals surface area contributed by atoms with Crippen molar-refractivity contribution in [3.63, 3.8) is 0 Å². The van der Waals surface area contributed by atoms with Gasteiger partial charge in [-0.2, -0.15) is 0 Å². The van der Waals surface area contributed by atoms with Gasteiger partial charge in [-0.25, -0.2) is 12.4 Å². The fourth-order valence-corrected chi connectivity index (χ4v) is 6.67. The first-order chi connectivity index (χ1) is 14.4. The number of fused-ring (bicyclic) bond motifs is 3. The van der Waals surface area contributed by atoms with Crippen molar-refractivity contribution in [1.82, 2.24) is 9.29 Å². The number of aromatic nitrogens is 1. The number of thiocarbonyl (C=S) groups is 1. The zero-order chi connectivity index (χ0) is 20.9. The van der Waals surface area contributed by atoms with Crippen molar-refractivity contribution < 1.29 is 13.2 Å². The first kappa shape index (κ1) is 19.3. The number of para-hydroxylation sites is 1. The van der Waals surface area contributed by atoms with E-state index in [4.69, 9.17) is 12.2 Å². The summed E-state index contributed by atoms with van der Waals surface area (Å²) in [7, 11) is -3.77. The molecule has 0 aliphatic carbocycles. The lowest BCUT2D eigenvalue weighted by molar-refractivity contribution is -0.118. The molecule has 3 aromatic carbocycles. The van der Waals surface area contributed by atoms with Gasteiger partial charge in [0.1, 0.15) is 4.32 Å². The molecular formula is C22H16N2O3S3. The van der Waals surface area contributed by atoms with Gasteiger partial charge in [0.2, 0.25) is 5.91 Å². The molecule has 0 bridgehead atoms. The normalized spacial score (nSPS) is 17.0. The van der Waals surface area contributed by atoms with E-state index in [-0.39, 0.29) is 16.1 Å². The fraction of sp³-hybridized carbons (Fsp3) is 0.0909. The third-order valence-electron chi connectivity index (χ3n) is 5.16. The zero-order valence-electron chi connectivity index (χ0n) is 15.6. The standard InChI is InChI=1S/C22H16N2O3S3/c25-21-20(29-22(28)23-21)13-14-10-11-19-17(12-14)16-8-4-5-9-18(16)24(19)30(26,27)15-6-2-1-3-7-15/h1-12,20H,13H2,(H,23,25,28). The van der Waals surface area contributed by atoms with E-state index in [1.54, 1.807) is 30.3 Å². The molecule has 150 valence electrons. The quantitative estimate of drug-likeness (QED) is 0.473. The minimum atomic E-state index is -3.77. The highest BCUT2D eigenvalue weighted by molar-refractivity contribution is 8.24. The molecule has 1 aliphatic rings. The maximum Gasteiger partial charge on any atom is 0.268 e. The molecule has 2 heterocycles. The van der Waals surface area contributed by atoms with Gasteiger partial charge in [-0.3, -0.25) is 4.79 Å². The monoisotopic (exact) mass is 452 g/mol. The molecule has 1 fully saturated rings. The highest BCUT2D eigenvalue weighted by Gasteiger charge is 2.29. The van der Waals surface area contributed by atoms with E-state index in [0.717, 1.165) is 16.3 Å². The van der Waals surface area contributed by atoms with Crippen LogP contribution in [0.5, 0.6) is 0 Å². The van der Waals surface area contributed by atoms with Crippen LogP contribution in [-0.4, -0.2) is 27.9 Å². The molecule has 1 aliphatic heterocycles. The number of carbonyl (C=O) groups is 1. The minimum Gasteiger partial charge on any atom is -0.311 e. The molecule has 30 heavy (non-hydrogen) atoms. The summed E-state index contributed by atoms with van der Waals surface area (Å²) >= 11 is 6.44. The van der Waals surface area contributed by atoms with E-state index in [0.29, 0.717) is 21.8 Å². The molecule has 0 saturated carbocycles. The van der Waals surface area contributed by atoms with Gasteiger partial charge < -0.3 is 5.32 Å². The van der Waals surface area contributed by atoms with Crippen LogP contribution in [0.3, 0.4) is 0 Å². The van der Waals surface area contributed by atoms with E-state index in [2.05, 4.69) is 5.32 Å². The molecule has 1 saturated heterocycles. The highest BCUT2D eigenvalue weighted by atomic mass is 32.2. The Morgan fingerprint density at radius 3 is 2.37 bits per heavy atom. The van der Waals surface area contributed by atoms with Crippen molar-refractivity contribution in [3.05, 3.63) is 78.4 Å². The molecule has 0 radical (unpaired) electrons. The van der Waals surface area contributed by atoms with Gasteiger partial charge in [-0.15, -0.1) is 0 Å². The van der Waals surface area contributed by atoms with Crippen LogP contribution in [0.1, 0.15) is 5.56 Å². The van der Waals surface area contributed by atoms with Crippen molar-refractivity contribution in [2.45, 2.75) is 16.6 Å². The Kier molecular flexibility index (Phi) is 4.65. The van der Waals surface area contributed by atoms with E-state index in [1.807, 2.05) is 42.5 Å². The van der Waals surface area contributed by atoms with Gasteiger partial charge in [0.25, 0.3) is 10.0 Å². The minimum absolute atomic E-state index is 0.0841. The highest BCUT2D eigenvalue weighted by Crippen LogP contribution is 2.34. The summed E-state index contributed by atoms with van der Waals surface area (Å²) in [6.45, 7) is 0. The van der Waals surface area contributed by atoms with Gasteiger partial charge in [0.05, 0.1) is 21.2 Å². The van der Waals surface area contributed by atoms with Gasteiger partial charge in [-0.1, -0.05) is 66.4 Å². The van der Waals surface area contributed by atoms with Crippen LogP contribution >= 0.6 is 24.0 Å². The SMILES string of the molecule is O=C1NC(=S)SC1Cc1ccc2c(c1)c1ccccc1n2S(=O)(=O)c1ccccc1. The molecule has 5 rings (SSSR count). The van der Waals surface area contributed by atoms with Crippen LogP contribution in [0.15, 0.2) is 77.7 Å². The smallest absolute Gasteiger partial charge is 0.268 e. The lowest BCUT2D eigenvalue weighted by Crippen LogP contribution is -2.25. The topological polar surface area (TPSA) is 68.2 Å². The number of hydrogen-bond acceptors (Lipinski definition) is 5. The first-order valence-electron chi connectivity index (χ1n) is 9.29. The average molecular weight is 453 g/mol. The molecule has 8 heteroatoms. The molecule has 0 spiro atoms. The summed E-state index contributed by atoms with van der Waals surface area (Å²) in [4.78, 5) is 12.3. The number of benzene rings is 3. The number of hydrogen-bond donors (Lipinski definition) is 1. The van der Waals surface area contributed by atoms with E-state index in [9.17, 15) is 13.2 Å². The van der Waals surface area contributed by atoms with Gasteiger partial charge in [-0.05, 0) is 42.3 Å². The van der Waals surface area contributed by atoms with Crippen LogP contribution in [0, 0.1) is 0 Å². The third-order valence-corrected chi connectivity index (χ3v) is 8.28. The van der Waals surface area contributed by atoms with Crippen molar-refractivity contribution in [2.24, 2.45) is 0 Å². The van der Waals surface area contributed by atoms with Crippen LogP contribution in [-0.2, 0) is 21.2 Å². The summed E-state index contributed by atoms with van der Waals surface area (Å²) in [5, 5.41) is 4.10. The second-order valence-electron chi connectivity index (χ2n) is 7.04. The summed E-state index contributed by atoms with van der Waals surface area (Å²) in [6, 6.07) is 21.6. The lowest BCUT2D eigenvalue weighted by atomic mass is 10.1. The van der Waals surface area contributed by atoms with Gasteiger partial charge in [0.15, 0.2) is 0 Å². The summed E-state index contributed by atoms with van der Waals surface area (Å²) in [5.41, 5.74) is 2.20. The number of nitrogens with one attached hydrogen (secondary N) is 1. The Morgan fingerprint density at radius 1 is 0.933 bits per heavy atom. The third kappa shape index (κ3) is 3.12. The summed E-state index contributed by atoms with van der Waals surface area (Å²) < 4.78 is 28.8. The molecule has 4 aromatic rings. The Balaban J connectivity index is 1.69. The van der Waals surface area contributed by atoms with Crippen molar-refractivity contribution in [1.29, 1.82) is 0 Å². The van der Waals surface area contributed by atoms with Gasteiger partial charge in [0, 0.05) is 10.8 Å². The Morgan fingerprint density at radius 2 is 1.63 bits per heavy atom. The van der Waals surface area contributed by atoms with E-state index < -0.39 is 10.0 Å². The number of thioether (sulfide) groups is 1. The van der Waals surface area contributed by atoms with Gasteiger partial charge >= 0.3 is 0 Å². The van der Waals surface area contributed by atoms with E-state index >= 15 is 0 Å². The van der Waals surface area contributed by atoms with Crippen LogP contribution in [0.2, 0.25) is 0 Å². The molecule has 1 aromatic heterocycles. The first-order valence-corrected chi connectivity index (χ1v) is 12.0. The predicted octanol–water partition coefficient (Wildman–Crippen LogP) is 4.09. The average Bonchev–Trinajstić information content (AvgIpc) is 3.25. The second kappa shape index (κ2) is 7.23. The number of carbonyl (C=O) groups excluding carboxylic acids is 1. The van der Waals surface area contributed by atoms with E-state index in [1.165, 1.54) is 15.7 Å². The predicted molar refractivity (Wildman–Crippen MR) is 124 cm³/mol. The number of rotatable bonds is 4. The molecule has 1 atom stereocenters.